The third kappa shape index (κ3) is 3.50. The number of methoxy groups -OCH3 is 1. The van der Waals surface area contributed by atoms with E-state index in [0.717, 1.165) is 27.6 Å². The minimum Gasteiger partial charge on any atom is -0.497 e. The molecular formula is C23H23N5O3. The predicted octanol–water partition coefficient (Wildman–Crippen LogP) is 2.70. The molecule has 2 aromatic heterocycles. The summed E-state index contributed by atoms with van der Waals surface area (Å²) in [5.41, 5.74) is 1.96. The number of H-pyrrole nitrogens is 1. The molecule has 8 nitrogen and oxygen atoms in total. The fourth-order valence-electron chi connectivity index (χ4n) is 4.19. The number of para-hydroxylation sites is 1. The molecule has 1 saturated heterocycles. The van der Waals surface area contributed by atoms with Crippen molar-refractivity contribution in [1.82, 2.24) is 20.1 Å². The molecule has 8 heteroatoms. The van der Waals surface area contributed by atoms with Crippen molar-refractivity contribution in [2.24, 2.45) is 5.92 Å². The highest BCUT2D eigenvalue weighted by atomic mass is 16.5. The maximum Gasteiger partial charge on any atom is 0.229 e. The maximum atomic E-state index is 12.7. The number of nitrogens with one attached hydrogen (secondary N) is 2. The lowest BCUT2D eigenvalue weighted by molar-refractivity contribution is -0.126. The van der Waals surface area contributed by atoms with Crippen molar-refractivity contribution in [3.63, 3.8) is 0 Å². The van der Waals surface area contributed by atoms with E-state index in [0.29, 0.717) is 25.5 Å². The van der Waals surface area contributed by atoms with Gasteiger partial charge in [-0.25, -0.2) is 0 Å². The average Bonchev–Trinajstić information content (AvgIpc) is 3.50. The highest BCUT2D eigenvalue weighted by molar-refractivity contribution is 6.05. The topological polar surface area (TPSA) is 92.2 Å². The van der Waals surface area contributed by atoms with E-state index in [4.69, 9.17) is 4.74 Å². The van der Waals surface area contributed by atoms with E-state index in [2.05, 4.69) is 20.1 Å². The van der Waals surface area contributed by atoms with Gasteiger partial charge in [0.1, 0.15) is 5.75 Å². The number of rotatable bonds is 6. The van der Waals surface area contributed by atoms with Gasteiger partial charge in [-0.2, -0.15) is 5.10 Å². The molecule has 0 saturated carbocycles. The molecule has 2 aromatic carbocycles. The van der Waals surface area contributed by atoms with E-state index >= 15 is 0 Å². The number of hydrogen-bond acceptors (Lipinski definition) is 4. The van der Waals surface area contributed by atoms with E-state index in [1.165, 1.54) is 0 Å². The van der Waals surface area contributed by atoms with Gasteiger partial charge >= 0.3 is 0 Å². The molecule has 0 radical (unpaired) electrons. The zero-order chi connectivity index (χ0) is 21.4. The summed E-state index contributed by atoms with van der Waals surface area (Å²) in [7, 11) is 1.65. The van der Waals surface area contributed by atoms with Gasteiger partial charge in [0.25, 0.3) is 0 Å². The number of benzene rings is 2. The van der Waals surface area contributed by atoms with Gasteiger partial charge < -0.3 is 14.6 Å². The second-order valence-corrected chi connectivity index (χ2v) is 7.72. The zero-order valence-electron chi connectivity index (χ0n) is 17.2. The van der Waals surface area contributed by atoms with Crippen molar-refractivity contribution < 1.29 is 14.3 Å². The van der Waals surface area contributed by atoms with Crippen molar-refractivity contribution in [2.75, 3.05) is 25.1 Å². The monoisotopic (exact) mass is 417 g/mol. The van der Waals surface area contributed by atoms with Gasteiger partial charge in [0.15, 0.2) is 5.82 Å². The number of aromatic amines is 1. The fourth-order valence-corrected chi connectivity index (χ4v) is 4.19. The van der Waals surface area contributed by atoms with Gasteiger partial charge in [0, 0.05) is 48.5 Å². The molecule has 0 aliphatic carbocycles. The lowest BCUT2D eigenvalue weighted by Gasteiger charge is -2.14. The molecule has 0 bridgehead atoms. The lowest BCUT2D eigenvalue weighted by Crippen LogP contribution is -2.34. The summed E-state index contributed by atoms with van der Waals surface area (Å²) >= 11 is 0. The van der Waals surface area contributed by atoms with Crippen LogP contribution in [0.15, 0.2) is 54.7 Å². The number of fused-ring (bicyclic) bond motifs is 2. The first-order valence-electron chi connectivity index (χ1n) is 10.3. The van der Waals surface area contributed by atoms with Crippen molar-refractivity contribution in [3.8, 4) is 5.75 Å². The SMILES string of the molecule is COc1ccc2c(ccn2CCNC(=O)[C@@H]2CC(=O)N(c3n[nH]c4ccccc34)C2)c1. The second-order valence-electron chi connectivity index (χ2n) is 7.72. The van der Waals surface area contributed by atoms with E-state index in [1.54, 1.807) is 12.0 Å². The number of anilines is 1. The van der Waals surface area contributed by atoms with Gasteiger partial charge in [-0.3, -0.25) is 19.6 Å². The number of hydrogen-bond donors (Lipinski definition) is 2. The Kier molecular flexibility index (Phi) is 4.82. The van der Waals surface area contributed by atoms with E-state index < -0.39 is 0 Å². The van der Waals surface area contributed by atoms with Crippen LogP contribution in [0.25, 0.3) is 21.8 Å². The van der Waals surface area contributed by atoms with Gasteiger partial charge in [0.2, 0.25) is 11.8 Å². The number of nitrogens with zero attached hydrogens (tertiary/aromatic N) is 3. The van der Waals surface area contributed by atoms with Crippen molar-refractivity contribution in [3.05, 3.63) is 54.7 Å². The molecule has 31 heavy (non-hydrogen) atoms. The number of aromatic nitrogens is 3. The Hall–Kier alpha value is -3.81. The van der Waals surface area contributed by atoms with Crippen LogP contribution in [0.2, 0.25) is 0 Å². The molecule has 1 aliphatic heterocycles. The van der Waals surface area contributed by atoms with Crippen LogP contribution in [0.1, 0.15) is 6.42 Å². The summed E-state index contributed by atoms with van der Waals surface area (Å²) in [5, 5.41) is 12.2. The third-order valence-electron chi connectivity index (χ3n) is 5.83. The number of carbonyl (C=O) groups excluding carboxylic acids is 2. The molecule has 2 amide bonds. The van der Waals surface area contributed by atoms with Crippen LogP contribution in [0.5, 0.6) is 5.75 Å². The summed E-state index contributed by atoms with van der Waals surface area (Å²) in [6, 6.07) is 15.6. The summed E-state index contributed by atoms with van der Waals surface area (Å²) in [6.07, 6.45) is 2.19. The van der Waals surface area contributed by atoms with Gasteiger partial charge in [-0.05, 0) is 36.4 Å². The largest absolute Gasteiger partial charge is 0.497 e. The van der Waals surface area contributed by atoms with Gasteiger partial charge in [-0.1, -0.05) is 12.1 Å². The van der Waals surface area contributed by atoms with Crippen molar-refractivity contribution in [1.29, 1.82) is 0 Å². The molecule has 158 valence electrons. The number of carbonyl (C=O) groups is 2. The maximum absolute atomic E-state index is 12.7. The van der Waals surface area contributed by atoms with E-state index in [1.807, 2.05) is 54.7 Å². The van der Waals surface area contributed by atoms with Crippen molar-refractivity contribution in [2.45, 2.75) is 13.0 Å². The average molecular weight is 417 g/mol. The summed E-state index contributed by atoms with van der Waals surface area (Å²) in [6.45, 7) is 1.48. The standard InChI is InChI=1S/C23H23N5O3/c1-31-17-6-7-20-15(12-17)8-10-27(20)11-9-24-23(30)16-13-21(29)28(14-16)22-18-4-2-3-5-19(18)25-26-22/h2-8,10,12,16H,9,11,13-14H2,1H3,(H,24,30)(H,25,26)/t16-/m1/s1. The smallest absolute Gasteiger partial charge is 0.229 e. The van der Waals surface area contributed by atoms with Crippen LogP contribution in [-0.4, -0.2) is 46.8 Å². The molecule has 3 heterocycles. The molecular weight excluding hydrogens is 394 g/mol. The molecule has 5 rings (SSSR count). The first kappa shape index (κ1) is 19.2. The van der Waals surface area contributed by atoms with Gasteiger partial charge in [-0.15, -0.1) is 0 Å². The summed E-state index contributed by atoms with van der Waals surface area (Å²) in [4.78, 5) is 26.9. The van der Waals surface area contributed by atoms with Gasteiger partial charge in [0.05, 0.1) is 18.5 Å². The summed E-state index contributed by atoms with van der Waals surface area (Å²) < 4.78 is 7.36. The van der Waals surface area contributed by atoms with E-state index in [-0.39, 0.29) is 24.2 Å². The van der Waals surface area contributed by atoms with Crippen LogP contribution < -0.4 is 15.0 Å². The Labute approximate surface area is 178 Å². The first-order valence-corrected chi connectivity index (χ1v) is 10.3. The highest BCUT2D eigenvalue weighted by Crippen LogP contribution is 2.29. The Morgan fingerprint density at radius 2 is 2.13 bits per heavy atom. The molecule has 1 fully saturated rings. The Bertz CT molecular complexity index is 1270. The minimum atomic E-state index is -0.381. The van der Waals surface area contributed by atoms with Crippen LogP contribution in [0.4, 0.5) is 5.82 Å². The Morgan fingerprint density at radius 3 is 3.00 bits per heavy atom. The molecule has 2 N–H and O–H groups in total. The molecule has 0 spiro atoms. The minimum absolute atomic E-state index is 0.0808. The van der Waals surface area contributed by atoms with Crippen molar-refractivity contribution >= 4 is 39.4 Å². The predicted molar refractivity (Wildman–Crippen MR) is 118 cm³/mol. The molecule has 1 aliphatic rings. The normalized spacial score (nSPS) is 16.4. The van der Waals surface area contributed by atoms with Crippen LogP contribution >= 0.6 is 0 Å². The summed E-state index contributed by atoms with van der Waals surface area (Å²) in [5.74, 6) is 0.842. The van der Waals surface area contributed by atoms with E-state index in [9.17, 15) is 9.59 Å². The lowest BCUT2D eigenvalue weighted by atomic mass is 10.1. The van der Waals surface area contributed by atoms with Crippen LogP contribution in [-0.2, 0) is 16.1 Å². The second kappa shape index (κ2) is 7.79. The van der Waals surface area contributed by atoms with Crippen LogP contribution in [0.3, 0.4) is 0 Å². The Morgan fingerprint density at radius 1 is 1.26 bits per heavy atom. The molecule has 0 unspecified atom stereocenters. The quantitative estimate of drug-likeness (QED) is 0.505. The highest BCUT2D eigenvalue weighted by Gasteiger charge is 2.36. The first-order chi connectivity index (χ1) is 15.1. The number of amides is 2. The fraction of sp³-hybridized carbons (Fsp3) is 0.261. The number of ether oxygens (including phenoxy) is 1. The third-order valence-corrected chi connectivity index (χ3v) is 5.83. The molecule has 1 atom stereocenters. The van der Waals surface area contributed by atoms with Crippen LogP contribution in [0, 0.1) is 5.92 Å². The zero-order valence-corrected chi connectivity index (χ0v) is 17.2. The Balaban J connectivity index is 1.21. The molecule has 4 aromatic rings.